The molecule has 0 saturated heterocycles. The molecule has 0 radical (unpaired) electrons. The number of aromatic nitrogens is 1. The molecule has 1 heterocycles. The lowest BCUT2D eigenvalue weighted by Crippen LogP contribution is -1.83. The van der Waals surface area contributed by atoms with Gasteiger partial charge in [0.1, 0.15) is 5.75 Å². The van der Waals surface area contributed by atoms with Crippen LogP contribution < -0.4 is 4.74 Å². The van der Waals surface area contributed by atoms with Crippen molar-refractivity contribution >= 4 is 38.9 Å². The molecule has 0 aliphatic rings. The summed E-state index contributed by atoms with van der Waals surface area (Å²) in [5.41, 5.74) is 0.841. The monoisotopic (exact) mass is 303 g/mol. The molecule has 0 saturated carbocycles. The fourth-order valence-electron chi connectivity index (χ4n) is 1.00. The van der Waals surface area contributed by atoms with E-state index < -0.39 is 0 Å². The molecular formula is C10H7BrClNOS. The SMILES string of the molecule is ClCc1csc(Oc2ccc(Br)cc2)n1. The van der Waals surface area contributed by atoms with Gasteiger partial charge in [-0.3, -0.25) is 0 Å². The zero-order valence-electron chi connectivity index (χ0n) is 7.61. The van der Waals surface area contributed by atoms with Crippen LogP contribution in [0.3, 0.4) is 0 Å². The van der Waals surface area contributed by atoms with Crippen molar-refractivity contribution in [2.75, 3.05) is 0 Å². The third-order valence-corrected chi connectivity index (χ3v) is 3.26. The first-order valence-corrected chi connectivity index (χ1v) is 6.42. The Labute approximate surface area is 105 Å². The van der Waals surface area contributed by atoms with Gasteiger partial charge in [0.25, 0.3) is 5.19 Å². The van der Waals surface area contributed by atoms with Gasteiger partial charge >= 0.3 is 0 Å². The van der Waals surface area contributed by atoms with Crippen molar-refractivity contribution in [1.29, 1.82) is 0 Å². The van der Waals surface area contributed by atoms with E-state index in [9.17, 15) is 0 Å². The summed E-state index contributed by atoms with van der Waals surface area (Å²) in [4.78, 5) is 4.20. The molecule has 0 spiro atoms. The summed E-state index contributed by atoms with van der Waals surface area (Å²) >= 11 is 10.5. The van der Waals surface area contributed by atoms with E-state index in [1.807, 2.05) is 29.6 Å². The Balaban J connectivity index is 2.11. The van der Waals surface area contributed by atoms with E-state index in [0.717, 1.165) is 15.9 Å². The number of hydrogen-bond donors (Lipinski definition) is 0. The van der Waals surface area contributed by atoms with Crippen LogP contribution in [-0.2, 0) is 5.88 Å². The summed E-state index contributed by atoms with van der Waals surface area (Å²) in [6.45, 7) is 0. The minimum Gasteiger partial charge on any atom is -0.431 e. The van der Waals surface area contributed by atoms with Gasteiger partial charge in [-0.05, 0) is 24.3 Å². The molecule has 0 amide bonds. The summed E-state index contributed by atoms with van der Waals surface area (Å²) in [6.07, 6.45) is 0. The normalized spacial score (nSPS) is 10.3. The number of rotatable bonds is 3. The zero-order chi connectivity index (χ0) is 10.7. The molecule has 0 N–H and O–H groups in total. The topological polar surface area (TPSA) is 22.1 Å². The van der Waals surface area contributed by atoms with Crippen LogP contribution in [0.15, 0.2) is 34.1 Å². The van der Waals surface area contributed by atoms with Gasteiger partial charge in [0, 0.05) is 9.85 Å². The molecule has 0 fully saturated rings. The van der Waals surface area contributed by atoms with Gasteiger partial charge in [0.05, 0.1) is 11.6 Å². The van der Waals surface area contributed by atoms with Gasteiger partial charge in [0.2, 0.25) is 0 Å². The van der Waals surface area contributed by atoms with Gasteiger partial charge in [0.15, 0.2) is 0 Å². The Hall–Kier alpha value is -0.580. The Bertz CT molecular complexity index is 443. The second-order valence-corrected chi connectivity index (χ2v) is 4.80. The first-order chi connectivity index (χ1) is 7.28. The van der Waals surface area contributed by atoms with Gasteiger partial charge in [-0.15, -0.1) is 11.6 Å². The van der Waals surface area contributed by atoms with Crippen molar-refractivity contribution in [3.05, 3.63) is 39.8 Å². The highest BCUT2D eigenvalue weighted by atomic mass is 79.9. The lowest BCUT2D eigenvalue weighted by Gasteiger charge is -2.00. The highest BCUT2D eigenvalue weighted by Crippen LogP contribution is 2.26. The molecule has 2 rings (SSSR count). The Morgan fingerprint density at radius 2 is 2.07 bits per heavy atom. The van der Waals surface area contributed by atoms with E-state index >= 15 is 0 Å². The maximum Gasteiger partial charge on any atom is 0.278 e. The quantitative estimate of drug-likeness (QED) is 0.782. The van der Waals surface area contributed by atoms with Crippen LogP contribution in [-0.4, -0.2) is 4.98 Å². The van der Waals surface area contributed by atoms with Crippen LogP contribution in [0.2, 0.25) is 0 Å². The number of halogens is 2. The van der Waals surface area contributed by atoms with E-state index in [1.165, 1.54) is 11.3 Å². The van der Waals surface area contributed by atoms with Crippen molar-refractivity contribution in [1.82, 2.24) is 4.98 Å². The van der Waals surface area contributed by atoms with Crippen molar-refractivity contribution < 1.29 is 4.74 Å². The summed E-state index contributed by atoms with van der Waals surface area (Å²) in [5.74, 6) is 1.19. The van der Waals surface area contributed by atoms with E-state index in [1.54, 1.807) is 0 Å². The van der Waals surface area contributed by atoms with Crippen molar-refractivity contribution in [2.24, 2.45) is 0 Å². The fourth-order valence-corrected chi connectivity index (χ4v) is 2.18. The average Bonchev–Trinajstić information content (AvgIpc) is 2.69. The number of ether oxygens (including phenoxy) is 1. The lowest BCUT2D eigenvalue weighted by molar-refractivity contribution is 0.477. The average molecular weight is 305 g/mol. The number of benzene rings is 1. The van der Waals surface area contributed by atoms with E-state index in [0.29, 0.717) is 11.1 Å². The van der Waals surface area contributed by atoms with Crippen LogP contribution in [0.5, 0.6) is 10.9 Å². The third kappa shape index (κ3) is 2.93. The minimum atomic E-state index is 0.417. The Kier molecular flexibility index (Phi) is 3.61. The molecule has 0 bridgehead atoms. The van der Waals surface area contributed by atoms with Gasteiger partial charge < -0.3 is 4.74 Å². The molecule has 15 heavy (non-hydrogen) atoms. The molecule has 1 aromatic heterocycles. The standard InChI is InChI=1S/C10H7BrClNOS/c11-7-1-3-9(4-2-7)14-10-13-8(5-12)6-15-10/h1-4,6H,5H2. The number of alkyl halides is 1. The molecule has 0 atom stereocenters. The fraction of sp³-hybridized carbons (Fsp3) is 0.100. The van der Waals surface area contributed by atoms with Gasteiger partial charge in [-0.2, -0.15) is 0 Å². The Morgan fingerprint density at radius 1 is 1.33 bits per heavy atom. The van der Waals surface area contributed by atoms with Crippen molar-refractivity contribution in [3.63, 3.8) is 0 Å². The highest BCUT2D eigenvalue weighted by Gasteiger charge is 2.03. The van der Waals surface area contributed by atoms with Crippen LogP contribution in [0.1, 0.15) is 5.69 Å². The van der Waals surface area contributed by atoms with Crippen LogP contribution in [0.4, 0.5) is 0 Å². The minimum absolute atomic E-state index is 0.417. The van der Waals surface area contributed by atoms with Gasteiger partial charge in [-0.1, -0.05) is 27.3 Å². The maximum absolute atomic E-state index is 5.65. The van der Waals surface area contributed by atoms with Gasteiger partial charge in [-0.25, -0.2) is 4.98 Å². The molecule has 5 heteroatoms. The lowest BCUT2D eigenvalue weighted by atomic mass is 10.3. The first kappa shape index (κ1) is 10.9. The molecule has 0 aliphatic carbocycles. The van der Waals surface area contributed by atoms with Crippen LogP contribution in [0.25, 0.3) is 0 Å². The smallest absolute Gasteiger partial charge is 0.278 e. The molecule has 0 aliphatic heterocycles. The zero-order valence-corrected chi connectivity index (χ0v) is 10.8. The predicted molar refractivity (Wildman–Crippen MR) is 65.9 cm³/mol. The third-order valence-electron chi connectivity index (χ3n) is 1.69. The van der Waals surface area contributed by atoms with E-state index in [4.69, 9.17) is 16.3 Å². The molecule has 2 aromatic rings. The van der Waals surface area contributed by atoms with Crippen LogP contribution in [0, 0.1) is 0 Å². The molecule has 1 aromatic carbocycles. The second-order valence-electron chi connectivity index (χ2n) is 2.79. The van der Waals surface area contributed by atoms with Crippen molar-refractivity contribution in [2.45, 2.75) is 5.88 Å². The summed E-state index contributed by atoms with van der Waals surface area (Å²) < 4.78 is 6.57. The highest BCUT2D eigenvalue weighted by molar-refractivity contribution is 9.10. The van der Waals surface area contributed by atoms with E-state index in [2.05, 4.69) is 20.9 Å². The number of nitrogens with zero attached hydrogens (tertiary/aromatic N) is 1. The molecule has 0 unspecified atom stereocenters. The summed E-state index contributed by atoms with van der Waals surface area (Å²) in [7, 11) is 0. The largest absolute Gasteiger partial charge is 0.431 e. The summed E-state index contributed by atoms with van der Waals surface area (Å²) in [5, 5.41) is 2.51. The molecule has 2 nitrogen and oxygen atoms in total. The number of hydrogen-bond acceptors (Lipinski definition) is 3. The molecular weight excluding hydrogens is 298 g/mol. The number of thiazole rings is 1. The molecule has 78 valence electrons. The Morgan fingerprint density at radius 3 is 2.67 bits per heavy atom. The first-order valence-electron chi connectivity index (χ1n) is 4.22. The second kappa shape index (κ2) is 4.96. The maximum atomic E-state index is 5.65. The van der Waals surface area contributed by atoms with E-state index in [-0.39, 0.29) is 0 Å². The van der Waals surface area contributed by atoms with Crippen LogP contribution >= 0.6 is 38.9 Å². The van der Waals surface area contributed by atoms with Crippen molar-refractivity contribution in [3.8, 4) is 10.9 Å². The predicted octanol–water partition coefficient (Wildman–Crippen LogP) is 4.44. The summed E-state index contributed by atoms with van der Waals surface area (Å²) in [6, 6.07) is 7.61.